The standard InChI is InChI=1S/C8H16N2O2/c9-7(8(11)12)4-6-2-1-3-10-5-6/h6-7,10H,1-5,9H2,(H,11,12). The van der Waals surface area contributed by atoms with Crippen molar-refractivity contribution >= 4 is 5.97 Å². The summed E-state index contributed by atoms with van der Waals surface area (Å²) in [7, 11) is 0. The summed E-state index contributed by atoms with van der Waals surface area (Å²) in [5, 5.41) is 11.8. The number of aliphatic carboxylic acids is 1. The van der Waals surface area contributed by atoms with E-state index < -0.39 is 12.0 Å². The molecule has 1 aliphatic heterocycles. The minimum absolute atomic E-state index is 0.449. The fourth-order valence-corrected chi connectivity index (χ4v) is 1.59. The summed E-state index contributed by atoms with van der Waals surface area (Å²) >= 11 is 0. The van der Waals surface area contributed by atoms with E-state index in [9.17, 15) is 4.79 Å². The second-order valence-corrected chi connectivity index (χ2v) is 3.39. The van der Waals surface area contributed by atoms with E-state index in [2.05, 4.69) is 5.32 Å². The van der Waals surface area contributed by atoms with Crippen molar-refractivity contribution in [3.05, 3.63) is 0 Å². The van der Waals surface area contributed by atoms with E-state index in [0.29, 0.717) is 12.3 Å². The molecule has 0 spiro atoms. The zero-order valence-electron chi connectivity index (χ0n) is 7.12. The maximum absolute atomic E-state index is 10.4. The number of nitrogens with one attached hydrogen (secondary N) is 1. The van der Waals surface area contributed by atoms with E-state index in [0.717, 1.165) is 25.9 Å². The van der Waals surface area contributed by atoms with Gasteiger partial charge in [0.15, 0.2) is 0 Å². The zero-order valence-corrected chi connectivity index (χ0v) is 7.12. The molecule has 1 aliphatic rings. The lowest BCUT2D eigenvalue weighted by atomic mass is 9.93. The largest absolute Gasteiger partial charge is 0.480 e. The summed E-state index contributed by atoms with van der Waals surface area (Å²) in [4.78, 5) is 10.4. The summed E-state index contributed by atoms with van der Waals surface area (Å²) in [5.41, 5.74) is 5.42. The first-order valence-electron chi connectivity index (χ1n) is 4.39. The smallest absolute Gasteiger partial charge is 0.320 e. The Morgan fingerprint density at radius 1 is 1.75 bits per heavy atom. The molecular formula is C8H16N2O2. The second-order valence-electron chi connectivity index (χ2n) is 3.39. The maximum Gasteiger partial charge on any atom is 0.320 e. The highest BCUT2D eigenvalue weighted by atomic mass is 16.4. The number of hydrogen-bond donors (Lipinski definition) is 3. The van der Waals surface area contributed by atoms with Crippen molar-refractivity contribution in [2.45, 2.75) is 25.3 Å². The van der Waals surface area contributed by atoms with Crippen LogP contribution in [0.1, 0.15) is 19.3 Å². The van der Waals surface area contributed by atoms with E-state index in [1.807, 2.05) is 0 Å². The third-order valence-electron chi connectivity index (χ3n) is 2.30. The van der Waals surface area contributed by atoms with E-state index in [-0.39, 0.29) is 0 Å². The Hall–Kier alpha value is -0.610. The third kappa shape index (κ3) is 2.79. The fourth-order valence-electron chi connectivity index (χ4n) is 1.59. The van der Waals surface area contributed by atoms with Crippen LogP contribution in [0.2, 0.25) is 0 Å². The van der Waals surface area contributed by atoms with Crippen LogP contribution >= 0.6 is 0 Å². The van der Waals surface area contributed by atoms with Gasteiger partial charge in [0.25, 0.3) is 0 Å². The van der Waals surface area contributed by atoms with Crippen LogP contribution in [-0.2, 0) is 4.79 Å². The first kappa shape index (κ1) is 9.48. The lowest BCUT2D eigenvalue weighted by Crippen LogP contribution is -2.37. The highest BCUT2D eigenvalue weighted by Crippen LogP contribution is 2.15. The monoisotopic (exact) mass is 172 g/mol. The number of rotatable bonds is 3. The molecule has 4 nitrogen and oxygen atoms in total. The van der Waals surface area contributed by atoms with Crippen molar-refractivity contribution < 1.29 is 9.90 Å². The molecule has 0 aromatic heterocycles. The van der Waals surface area contributed by atoms with E-state index in [1.54, 1.807) is 0 Å². The van der Waals surface area contributed by atoms with Crippen LogP contribution in [0.5, 0.6) is 0 Å². The molecule has 0 amide bonds. The van der Waals surface area contributed by atoms with E-state index >= 15 is 0 Å². The predicted octanol–water partition coefficient (Wildman–Crippen LogP) is -0.212. The molecule has 1 saturated heterocycles. The van der Waals surface area contributed by atoms with Gasteiger partial charge in [-0.05, 0) is 38.3 Å². The molecule has 2 unspecified atom stereocenters. The van der Waals surface area contributed by atoms with Gasteiger partial charge in [-0.15, -0.1) is 0 Å². The molecule has 0 radical (unpaired) electrons. The average molecular weight is 172 g/mol. The Balaban J connectivity index is 2.24. The van der Waals surface area contributed by atoms with Crippen LogP contribution in [0.25, 0.3) is 0 Å². The molecule has 0 aromatic rings. The zero-order chi connectivity index (χ0) is 8.97. The molecule has 0 bridgehead atoms. The van der Waals surface area contributed by atoms with Crippen LogP contribution in [0.4, 0.5) is 0 Å². The van der Waals surface area contributed by atoms with Gasteiger partial charge in [0.2, 0.25) is 0 Å². The molecule has 0 saturated carbocycles. The number of carbonyl (C=O) groups is 1. The van der Waals surface area contributed by atoms with Crippen LogP contribution in [0.15, 0.2) is 0 Å². The van der Waals surface area contributed by atoms with Gasteiger partial charge in [0.05, 0.1) is 0 Å². The van der Waals surface area contributed by atoms with E-state index in [4.69, 9.17) is 10.8 Å². The third-order valence-corrected chi connectivity index (χ3v) is 2.30. The molecule has 4 N–H and O–H groups in total. The summed E-state index contributed by atoms with van der Waals surface area (Å²) in [6, 6.07) is -0.685. The van der Waals surface area contributed by atoms with Gasteiger partial charge in [-0.25, -0.2) is 0 Å². The van der Waals surface area contributed by atoms with Crippen molar-refractivity contribution in [3.63, 3.8) is 0 Å². The molecule has 12 heavy (non-hydrogen) atoms. The minimum atomic E-state index is -0.888. The predicted molar refractivity (Wildman–Crippen MR) is 45.8 cm³/mol. The summed E-state index contributed by atoms with van der Waals surface area (Å²) in [5.74, 6) is -0.439. The minimum Gasteiger partial charge on any atom is -0.480 e. The molecular weight excluding hydrogens is 156 g/mol. The summed E-state index contributed by atoms with van der Waals surface area (Å²) in [6.45, 7) is 1.97. The first-order valence-corrected chi connectivity index (χ1v) is 4.39. The highest BCUT2D eigenvalue weighted by molar-refractivity contribution is 5.73. The molecule has 2 atom stereocenters. The van der Waals surface area contributed by atoms with Crippen LogP contribution in [0, 0.1) is 5.92 Å². The molecule has 1 fully saturated rings. The first-order chi connectivity index (χ1) is 5.70. The SMILES string of the molecule is NC(CC1CCCNC1)C(=O)O. The van der Waals surface area contributed by atoms with Gasteiger partial charge < -0.3 is 16.2 Å². The average Bonchev–Trinajstić information content (AvgIpc) is 2.06. The quantitative estimate of drug-likeness (QED) is 0.550. The molecule has 0 aliphatic carbocycles. The molecule has 1 rings (SSSR count). The highest BCUT2D eigenvalue weighted by Gasteiger charge is 2.19. The van der Waals surface area contributed by atoms with Crippen LogP contribution in [-0.4, -0.2) is 30.2 Å². The molecule has 1 heterocycles. The Morgan fingerprint density at radius 3 is 3.00 bits per heavy atom. The second kappa shape index (κ2) is 4.42. The molecule has 4 heteroatoms. The molecule has 70 valence electrons. The van der Waals surface area contributed by atoms with Crippen molar-refractivity contribution in [2.75, 3.05) is 13.1 Å². The lowest BCUT2D eigenvalue weighted by Gasteiger charge is -2.23. The maximum atomic E-state index is 10.4. The summed E-state index contributed by atoms with van der Waals surface area (Å²) in [6.07, 6.45) is 2.84. The number of hydrogen-bond acceptors (Lipinski definition) is 3. The lowest BCUT2D eigenvalue weighted by molar-refractivity contribution is -0.139. The van der Waals surface area contributed by atoms with Crippen molar-refractivity contribution in [1.82, 2.24) is 5.32 Å². The topological polar surface area (TPSA) is 75.3 Å². The number of carboxylic acid groups (broad SMARTS) is 1. The van der Waals surface area contributed by atoms with E-state index in [1.165, 1.54) is 0 Å². The molecule has 0 aromatic carbocycles. The van der Waals surface area contributed by atoms with Gasteiger partial charge >= 0.3 is 5.97 Å². The van der Waals surface area contributed by atoms with Gasteiger partial charge in [-0.1, -0.05) is 0 Å². The number of piperidine rings is 1. The van der Waals surface area contributed by atoms with Crippen LogP contribution < -0.4 is 11.1 Å². The van der Waals surface area contributed by atoms with Gasteiger partial charge in [0.1, 0.15) is 6.04 Å². The fraction of sp³-hybridized carbons (Fsp3) is 0.875. The van der Waals surface area contributed by atoms with Crippen LogP contribution in [0.3, 0.4) is 0 Å². The van der Waals surface area contributed by atoms with Gasteiger partial charge in [-0.2, -0.15) is 0 Å². The van der Waals surface area contributed by atoms with Gasteiger partial charge in [-0.3, -0.25) is 4.79 Å². The van der Waals surface area contributed by atoms with Crippen molar-refractivity contribution in [1.29, 1.82) is 0 Å². The normalized spacial score (nSPS) is 26.6. The number of nitrogens with two attached hydrogens (primary N) is 1. The van der Waals surface area contributed by atoms with Gasteiger partial charge in [0, 0.05) is 0 Å². The Bertz CT molecular complexity index is 155. The van der Waals surface area contributed by atoms with Crippen molar-refractivity contribution in [2.24, 2.45) is 11.7 Å². The summed E-state index contributed by atoms with van der Waals surface area (Å²) < 4.78 is 0. The Morgan fingerprint density at radius 2 is 2.50 bits per heavy atom. The Labute approximate surface area is 72.1 Å². The Kier molecular flexibility index (Phi) is 3.49. The number of carboxylic acids is 1. The van der Waals surface area contributed by atoms with Crippen molar-refractivity contribution in [3.8, 4) is 0 Å².